The van der Waals surface area contributed by atoms with Crippen molar-refractivity contribution in [2.45, 2.75) is 26.1 Å². The van der Waals surface area contributed by atoms with Crippen LogP contribution in [0.2, 0.25) is 0 Å². The van der Waals surface area contributed by atoms with Crippen molar-refractivity contribution < 1.29 is 0 Å². The molecule has 2 aromatic heterocycles. The molecule has 0 fully saturated rings. The van der Waals surface area contributed by atoms with Gasteiger partial charge in [-0.05, 0) is 6.92 Å². The molecule has 0 aliphatic carbocycles. The average Bonchev–Trinajstić information content (AvgIpc) is 2.87. The Hall–Kier alpha value is -1.69. The van der Waals surface area contributed by atoms with Gasteiger partial charge in [-0.1, -0.05) is 0 Å². The van der Waals surface area contributed by atoms with E-state index in [2.05, 4.69) is 27.3 Å². The molecule has 0 saturated carbocycles. The lowest BCUT2D eigenvalue weighted by atomic mass is 10.3. The molecule has 2 rings (SSSR count). The third kappa shape index (κ3) is 2.66. The van der Waals surface area contributed by atoms with Gasteiger partial charge < -0.3 is 9.88 Å². The summed E-state index contributed by atoms with van der Waals surface area (Å²) < 4.78 is 3.82. The van der Waals surface area contributed by atoms with Crippen LogP contribution in [0, 0.1) is 0 Å². The number of imidazole rings is 1. The summed E-state index contributed by atoms with van der Waals surface area (Å²) in [5.74, 6) is 0.942. The highest BCUT2D eigenvalue weighted by molar-refractivity contribution is 4.83. The quantitative estimate of drug-likeness (QED) is 0.781. The zero-order valence-corrected chi connectivity index (χ0v) is 9.54. The van der Waals surface area contributed by atoms with Gasteiger partial charge in [0.1, 0.15) is 12.2 Å². The molecule has 2 heterocycles. The van der Waals surface area contributed by atoms with Crippen molar-refractivity contribution >= 4 is 0 Å². The molecular weight excluding hydrogens is 204 g/mol. The van der Waals surface area contributed by atoms with Crippen molar-refractivity contribution in [3.8, 4) is 0 Å². The lowest BCUT2D eigenvalue weighted by Crippen LogP contribution is -2.30. The van der Waals surface area contributed by atoms with E-state index in [0.717, 1.165) is 18.9 Å². The van der Waals surface area contributed by atoms with E-state index in [4.69, 9.17) is 0 Å². The lowest BCUT2D eigenvalue weighted by Gasteiger charge is -2.13. The van der Waals surface area contributed by atoms with Crippen molar-refractivity contribution in [1.82, 2.24) is 29.6 Å². The summed E-state index contributed by atoms with van der Waals surface area (Å²) in [6.45, 7) is 3.76. The topological polar surface area (TPSA) is 60.6 Å². The second-order valence-electron chi connectivity index (χ2n) is 3.84. The minimum Gasteiger partial charge on any atom is -0.336 e. The van der Waals surface area contributed by atoms with Gasteiger partial charge in [0.25, 0.3) is 0 Å². The Labute approximate surface area is 94.3 Å². The first-order chi connectivity index (χ1) is 7.75. The molecule has 6 heteroatoms. The van der Waals surface area contributed by atoms with Gasteiger partial charge in [0.15, 0.2) is 0 Å². The fourth-order valence-electron chi connectivity index (χ4n) is 1.52. The van der Waals surface area contributed by atoms with Crippen LogP contribution in [-0.4, -0.2) is 30.4 Å². The molecule has 0 aliphatic rings. The molecule has 2 aromatic rings. The monoisotopic (exact) mass is 220 g/mol. The highest BCUT2D eigenvalue weighted by Gasteiger charge is 2.05. The molecular formula is C10H16N6. The predicted octanol–water partition coefficient (Wildman–Crippen LogP) is 0.190. The molecule has 1 N–H and O–H groups in total. The molecule has 1 unspecified atom stereocenters. The van der Waals surface area contributed by atoms with Crippen LogP contribution in [0.5, 0.6) is 0 Å². The number of aromatic nitrogens is 5. The maximum Gasteiger partial charge on any atom is 0.140 e. The molecule has 0 radical (unpaired) electrons. The van der Waals surface area contributed by atoms with Crippen LogP contribution in [0.25, 0.3) is 0 Å². The Kier molecular flexibility index (Phi) is 3.31. The van der Waals surface area contributed by atoms with Crippen molar-refractivity contribution in [1.29, 1.82) is 0 Å². The van der Waals surface area contributed by atoms with Crippen LogP contribution in [0.3, 0.4) is 0 Å². The third-order valence-corrected chi connectivity index (χ3v) is 2.46. The van der Waals surface area contributed by atoms with Gasteiger partial charge >= 0.3 is 0 Å². The summed E-state index contributed by atoms with van der Waals surface area (Å²) in [5, 5.41) is 7.41. The molecule has 1 atom stereocenters. The minimum atomic E-state index is 0.367. The Morgan fingerprint density at radius 3 is 3.00 bits per heavy atom. The first kappa shape index (κ1) is 10.8. The molecule has 0 bridgehead atoms. The smallest absolute Gasteiger partial charge is 0.140 e. The van der Waals surface area contributed by atoms with E-state index in [9.17, 15) is 0 Å². The van der Waals surface area contributed by atoms with E-state index in [1.54, 1.807) is 17.2 Å². The molecule has 0 aliphatic heterocycles. The number of nitrogens with one attached hydrogen (secondary N) is 1. The summed E-state index contributed by atoms with van der Waals surface area (Å²) in [7, 11) is 1.89. The summed E-state index contributed by atoms with van der Waals surface area (Å²) in [6.07, 6.45) is 7.13. The second kappa shape index (κ2) is 4.89. The summed E-state index contributed by atoms with van der Waals surface area (Å²) in [6, 6.07) is 0.367. The van der Waals surface area contributed by atoms with Crippen molar-refractivity contribution in [2.75, 3.05) is 0 Å². The second-order valence-corrected chi connectivity index (χ2v) is 3.84. The van der Waals surface area contributed by atoms with Gasteiger partial charge in [0, 0.05) is 32.0 Å². The van der Waals surface area contributed by atoms with Crippen LogP contribution >= 0.6 is 0 Å². The third-order valence-electron chi connectivity index (χ3n) is 2.46. The van der Waals surface area contributed by atoms with E-state index in [1.165, 1.54) is 0 Å². The van der Waals surface area contributed by atoms with E-state index in [0.29, 0.717) is 6.04 Å². The molecule has 0 amide bonds. The van der Waals surface area contributed by atoms with E-state index in [-0.39, 0.29) is 0 Å². The van der Waals surface area contributed by atoms with E-state index >= 15 is 0 Å². The Bertz CT molecular complexity index is 418. The minimum absolute atomic E-state index is 0.367. The zero-order valence-electron chi connectivity index (χ0n) is 9.54. The van der Waals surface area contributed by atoms with Gasteiger partial charge in [0.2, 0.25) is 0 Å². The fraction of sp³-hybridized carbons (Fsp3) is 0.500. The number of hydrogen-bond acceptors (Lipinski definition) is 4. The van der Waals surface area contributed by atoms with Crippen LogP contribution in [0.4, 0.5) is 0 Å². The van der Waals surface area contributed by atoms with Crippen LogP contribution in [0.1, 0.15) is 12.7 Å². The molecule has 6 nitrogen and oxygen atoms in total. The predicted molar refractivity (Wildman–Crippen MR) is 59.5 cm³/mol. The number of nitrogens with zero attached hydrogens (tertiary/aromatic N) is 5. The normalized spacial score (nSPS) is 12.9. The van der Waals surface area contributed by atoms with Crippen molar-refractivity contribution in [3.05, 3.63) is 30.9 Å². The zero-order chi connectivity index (χ0) is 11.4. The van der Waals surface area contributed by atoms with E-state index < -0.39 is 0 Å². The highest BCUT2D eigenvalue weighted by Crippen LogP contribution is 1.95. The largest absolute Gasteiger partial charge is 0.336 e. The van der Waals surface area contributed by atoms with Gasteiger partial charge in [-0.2, -0.15) is 5.10 Å². The lowest BCUT2D eigenvalue weighted by molar-refractivity contribution is 0.462. The van der Waals surface area contributed by atoms with Gasteiger partial charge in [0.05, 0.1) is 12.9 Å². The Morgan fingerprint density at radius 2 is 2.38 bits per heavy atom. The molecule has 0 saturated heterocycles. The van der Waals surface area contributed by atoms with Crippen molar-refractivity contribution in [3.63, 3.8) is 0 Å². The summed E-state index contributed by atoms with van der Waals surface area (Å²) >= 11 is 0. The van der Waals surface area contributed by atoms with Gasteiger partial charge in [-0.15, -0.1) is 0 Å². The summed E-state index contributed by atoms with van der Waals surface area (Å²) in [5.41, 5.74) is 0. The maximum atomic E-state index is 4.15. The first-order valence-electron chi connectivity index (χ1n) is 5.27. The summed E-state index contributed by atoms with van der Waals surface area (Å²) in [4.78, 5) is 8.16. The molecule has 0 aromatic carbocycles. The molecule has 16 heavy (non-hydrogen) atoms. The SMILES string of the molecule is CC(Cn1ccnc1)NCc1ncnn1C. The molecule has 86 valence electrons. The number of hydrogen-bond donors (Lipinski definition) is 1. The van der Waals surface area contributed by atoms with Gasteiger partial charge in [-0.25, -0.2) is 9.97 Å². The van der Waals surface area contributed by atoms with Crippen LogP contribution in [-0.2, 0) is 20.1 Å². The average molecular weight is 220 g/mol. The number of rotatable bonds is 5. The van der Waals surface area contributed by atoms with Crippen molar-refractivity contribution in [2.24, 2.45) is 7.05 Å². The Morgan fingerprint density at radius 1 is 1.50 bits per heavy atom. The van der Waals surface area contributed by atoms with Crippen LogP contribution < -0.4 is 5.32 Å². The van der Waals surface area contributed by atoms with E-state index in [1.807, 2.05) is 24.1 Å². The Balaban J connectivity index is 1.80. The molecule has 0 spiro atoms. The number of aryl methyl sites for hydroxylation is 1. The first-order valence-corrected chi connectivity index (χ1v) is 5.27. The standard InChI is InChI=1S/C10H16N6/c1-9(6-16-4-3-11-8-16)12-5-10-13-7-14-15(10)2/h3-4,7-9,12H,5-6H2,1-2H3. The highest BCUT2D eigenvalue weighted by atomic mass is 15.3. The van der Waals surface area contributed by atoms with Gasteiger partial charge in [-0.3, -0.25) is 4.68 Å². The fourth-order valence-corrected chi connectivity index (χ4v) is 1.52. The van der Waals surface area contributed by atoms with Crippen LogP contribution in [0.15, 0.2) is 25.0 Å². The maximum absolute atomic E-state index is 4.15.